The summed E-state index contributed by atoms with van der Waals surface area (Å²) in [4.78, 5) is 7.07. The zero-order valence-corrected chi connectivity index (χ0v) is 22.3. The minimum absolute atomic E-state index is 0.0205. The summed E-state index contributed by atoms with van der Waals surface area (Å²) in [5.41, 5.74) is 4.28. The molecule has 0 fully saturated rings. The lowest BCUT2D eigenvalue weighted by Gasteiger charge is -2.28. The molecule has 0 bridgehead atoms. The molecule has 1 atom stereocenters. The largest absolute Gasteiger partial charge is 0.457 e. The number of hydrogen-bond donors (Lipinski definition) is 1. The lowest BCUT2D eigenvalue weighted by molar-refractivity contribution is -0.125. The van der Waals surface area contributed by atoms with Crippen LogP contribution in [0.15, 0.2) is 83.8 Å². The number of pyridine rings is 1. The Labute approximate surface area is 218 Å². The summed E-state index contributed by atoms with van der Waals surface area (Å²) in [5.74, 6) is -1.56. The van der Waals surface area contributed by atoms with Gasteiger partial charge in [-0.1, -0.05) is 48.0 Å². The molecule has 0 saturated carbocycles. The second kappa shape index (κ2) is 10.9. The smallest absolute Gasteiger partial charge is 0.300 e. The topological polar surface area (TPSA) is 89.0 Å². The molecule has 0 aliphatic heterocycles. The second-order valence-electron chi connectivity index (χ2n) is 8.99. The standard InChI is InChI=1S/C29H32N2O5S/c1-5-31(6-2)24-15-12-22(13-16-24)26-19-14-23-8-7-9-27(28(23)30-26)35-29(4,20-32)36-37(33,34)25-17-10-21(3)11-18-25/h7-19,32H,5-6,20H2,1-4H3. The van der Waals surface area contributed by atoms with Gasteiger partial charge in [0.25, 0.3) is 0 Å². The third-order valence-corrected chi connectivity index (χ3v) is 7.61. The van der Waals surface area contributed by atoms with Crippen LogP contribution in [0.25, 0.3) is 22.2 Å². The molecule has 0 spiro atoms. The van der Waals surface area contributed by atoms with Gasteiger partial charge in [-0.15, -0.1) is 0 Å². The number of rotatable bonds is 10. The van der Waals surface area contributed by atoms with Crippen molar-refractivity contribution < 1.29 is 22.4 Å². The Kier molecular flexibility index (Phi) is 7.82. The first-order chi connectivity index (χ1) is 17.7. The molecule has 1 unspecified atom stereocenters. The van der Waals surface area contributed by atoms with Crippen LogP contribution in [0.5, 0.6) is 5.75 Å². The fourth-order valence-corrected chi connectivity index (χ4v) is 5.20. The number of para-hydroxylation sites is 1. The molecule has 0 radical (unpaired) electrons. The van der Waals surface area contributed by atoms with Crippen molar-refractivity contribution in [2.75, 3.05) is 24.6 Å². The quantitative estimate of drug-likeness (QED) is 0.217. The number of fused-ring (bicyclic) bond motifs is 1. The highest BCUT2D eigenvalue weighted by atomic mass is 32.2. The van der Waals surface area contributed by atoms with Gasteiger partial charge in [0.05, 0.1) is 10.6 Å². The Balaban J connectivity index is 1.65. The highest BCUT2D eigenvalue weighted by molar-refractivity contribution is 7.86. The predicted molar refractivity (Wildman–Crippen MR) is 146 cm³/mol. The second-order valence-corrected chi connectivity index (χ2v) is 10.5. The van der Waals surface area contributed by atoms with Crippen LogP contribution < -0.4 is 9.64 Å². The Morgan fingerprint density at radius 1 is 0.919 bits per heavy atom. The van der Waals surface area contributed by atoms with Gasteiger partial charge in [0.15, 0.2) is 0 Å². The van der Waals surface area contributed by atoms with E-state index in [4.69, 9.17) is 13.9 Å². The molecule has 37 heavy (non-hydrogen) atoms. The fraction of sp³-hybridized carbons (Fsp3) is 0.276. The molecule has 1 heterocycles. The first-order valence-corrected chi connectivity index (χ1v) is 13.7. The summed E-state index contributed by atoms with van der Waals surface area (Å²) in [5, 5.41) is 10.9. The molecular formula is C29H32N2O5S. The highest BCUT2D eigenvalue weighted by Crippen LogP contribution is 2.32. The van der Waals surface area contributed by atoms with Crippen molar-refractivity contribution in [3.05, 3.63) is 84.4 Å². The molecular weight excluding hydrogens is 488 g/mol. The van der Waals surface area contributed by atoms with Crippen molar-refractivity contribution >= 4 is 26.7 Å². The van der Waals surface area contributed by atoms with E-state index in [2.05, 4.69) is 30.9 Å². The van der Waals surface area contributed by atoms with Gasteiger partial charge >= 0.3 is 10.1 Å². The molecule has 0 aliphatic carbocycles. The van der Waals surface area contributed by atoms with Crippen molar-refractivity contribution in [2.24, 2.45) is 0 Å². The minimum atomic E-state index is -4.20. The van der Waals surface area contributed by atoms with Crippen molar-refractivity contribution in [3.63, 3.8) is 0 Å². The number of aliphatic hydroxyl groups excluding tert-OH is 1. The molecule has 3 aromatic carbocycles. The normalized spacial score (nSPS) is 13.3. The molecule has 0 amide bonds. The number of aromatic nitrogens is 1. The highest BCUT2D eigenvalue weighted by Gasteiger charge is 2.35. The summed E-state index contributed by atoms with van der Waals surface area (Å²) in [7, 11) is -4.20. The zero-order chi connectivity index (χ0) is 26.6. The van der Waals surface area contributed by atoms with E-state index in [1.54, 1.807) is 24.3 Å². The number of hydrogen-bond acceptors (Lipinski definition) is 7. The van der Waals surface area contributed by atoms with E-state index in [1.807, 2.05) is 37.3 Å². The van der Waals surface area contributed by atoms with Gasteiger partial charge in [0.1, 0.15) is 17.9 Å². The van der Waals surface area contributed by atoms with Crippen LogP contribution in [0, 0.1) is 6.92 Å². The summed E-state index contributed by atoms with van der Waals surface area (Å²) in [6.07, 6.45) is 0. The molecule has 194 valence electrons. The lowest BCUT2D eigenvalue weighted by atomic mass is 10.1. The van der Waals surface area contributed by atoms with Gasteiger partial charge in [-0.05, 0) is 57.2 Å². The minimum Gasteiger partial charge on any atom is -0.457 e. The van der Waals surface area contributed by atoms with Gasteiger partial charge in [0, 0.05) is 36.7 Å². The van der Waals surface area contributed by atoms with Crippen LogP contribution in [0.3, 0.4) is 0 Å². The molecule has 4 rings (SSSR count). The van der Waals surface area contributed by atoms with Crippen LogP contribution in [-0.2, 0) is 14.3 Å². The monoisotopic (exact) mass is 520 g/mol. The van der Waals surface area contributed by atoms with E-state index in [9.17, 15) is 13.5 Å². The van der Waals surface area contributed by atoms with Crippen LogP contribution in [0.1, 0.15) is 26.3 Å². The lowest BCUT2D eigenvalue weighted by Crippen LogP contribution is -2.41. The van der Waals surface area contributed by atoms with Crippen LogP contribution in [0.2, 0.25) is 0 Å². The van der Waals surface area contributed by atoms with E-state index < -0.39 is 22.5 Å². The zero-order valence-electron chi connectivity index (χ0n) is 21.5. The molecule has 1 aromatic heterocycles. The Bertz CT molecular complexity index is 1470. The number of anilines is 1. The van der Waals surface area contributed by atoms with Crippen molar-refractivity contribution in [2.45, 2.75) is 38.4 Å². The SMILES string of the molecule is CCN(CC)c1ccc(-c2ccc3cccc(OC(C)(CO)OS(=O)(=O)c4ccc(C)cc4)c3n2)cc1. The molecule has 0 aliphatic rings. The van der Waals surface area contributed by atoms with Gasteiger partial charge in [0.2, 0.25) is 5.79 Å². The van der Waals surface area contributed by atoms with Gasteiger partial charge < -0.3 is 14.7 Å². The van der Waals surface area contributed by atoms with E-state index in [1.165, 1.54) is 19.1 Å². The number of aryl methyl sites for hydroxylation is 1. The van der Waals surface area contributed by atoms with E-state index >= 15 is 0 Å². The summed E-state index contributed by atoms with van der Waals surface area (Å²) >= 11 is 0. The maximum absolute atomic E-state index is 12.9. The summed E-state index contributed by atoms with van der Waals surface area (Å²) < 4.78 is 37.2. The summed E-state index contributed by atoms with van der Waals surface area (Å²) in [6.45, 7) is 8.65. The summed E-state index contributed by atoms with van der Waals surface area (Å²) in [6, 6.07) is 23.7. The maximum atomic E-state index is 12.9. The third-order valence-electron chi connectivity index (χ3n) is 6.18. The van der Waals surface area contributed by atoms with Gasteiger partial charge in [-0.2, -0.15) is 8.42 Å². The Hall–Kier alpha value is -3.46. The first kappa shape index (κ1) is 26.6. The molecule has 4 aromatic rings. The van der Waals surface area contributed by atoms with Crippen molar-refractivity contribution in [1.29, 1.82) is 0 Å². The molecule has 8 heteroatoms. The number of aliphatic hydroxyl groups is 1. The van der Waals surface area contributed by atoms with Crippen LogP contribution in [-0.4, -0.2) is 44.0 Å². The number of ether oxygens (including phenoxy) is 1. The number of benzene rings is 3. The maximum Gasteiger partial charge on any atom is 0.300 e. The van der Waals surface area contributed by atoms with Gasteiger partial charge in [-0.3, -0.25) is 0 Å². The van der Waals surface area contributed by atoms with Crippen LogP contribution in [0.4, 0.5) is 5.69 Å². The van der Waals surface area contributed by atoms with Crippen molar-refractivity contribution in [3.8, 4) is 17.0 Å². The fourth-order valence-electron chi connectivity index (χ4n) is 4.09. The van der Waals surface area contributed by atoms with Gasteiger partial charge in [-0.25, -0.2) is 9.17 Å². The Morgan fingerprint density at radius 3 is 2.22 bits per heavy atom. The average Bonchev–Trinajstić information content (AvgIpc) is 2.90. The number of nitrogens with zero attached hydrogens (tertiary/aromatic N) is 2. The first-order valence-electron chi connectivity index (χ1n) is 12.3. The Morgan fingerprint density at radius 2 is 1.59 bits per heavy atom. The third kappa shape index (κ3) is 5.93. The van der Waals surface area contributed by atoms with E-state index in [0.29, 0.717) is 11.3 Å². The molecule has 1 N–H and O–H groups in total. The molecule has 0 saturated heterocycles. The average molecular weight is 521 g/mol. The van der Waals surface area contributed by atoms with Crippen LogP contribution >= 0.6 is 0 Å². The van der Waals surface area contributed by atoms with E-state index in [-0.39, 0.29) is 4.90 Å². The molecule has 7 nitrogen and oxygen atoms in total. The van der Waals surface area contributed by atoms with E-state index in [0.717, 1.165) is 41.0 Å². The predicted octanol–water partition coefficient (Wildman–Crippen LogP) is 5.55. The van der Waals surface area contributed by atoms with Crippen molar-refractivity contribution in [1.82, 2.24) is 4.98 Å².